The van der Waals surface area contributed by atoms with Crippen LogP contribution < -0.4 is 10.1 Å². The van der Waals surface area contributed by atoms with Crippen molar-refractivity contribution >= 4 is 11.8 Å². The van der Waals surface area contributed by atoms with Crippen LogP contribution in [0.3, 0.4) is 0 Å². The zero-order valence-electron chi connectivity index (χ0n) is 10.8. The Balaban J connectivity index is 1.72. The molecule has 0 spiro atoms. The van der Waals surface area contributed by atoms with Gasteiger partial charge >= 0.3 is 0 Å². The van der Waals surface area contributed by atoms with E-state index in [1.165, 1.54) is 4.90 Å². The van der Waals surface area contributed by atoms with Crippen LogP contribution in [-0.4, -0.2) is 22.3 Å². The van der Waals surface area contributed by atoms with Gasteiger partial charge in [0.15, 0.2) is 6.10 Å². The van der Waals surface area contributed by atoms with Crippen molar-refractivity contribution in [3.8, 4) is 5.75 Å². The third-order valence-electron chi connectivity index (χ3n) is 3.03. The standard InChI is InChI=1S/C14H17N3OS/c1-2-15-7-10-8-16-14(17-10)12-9-19-13-6-4-3-5-11(13)18-12/h3-6,8,12,15H,2,7,9H2,1H3,(H,16,17). The van der Waals surface area contributed by atoms with Crippen LogP contribution in [0.4, 0.5) is 0 Å². The average molecular weight is 275 g/mol. The highest BCUT2D eigenvalue weighted by atomic mass is 32.2. The van der Waals surface area contributed by atoms with E-state index in [2.05, 4.69) is 28.3 Å². The van der Waals surface area contributed by atoms with Gasteiger partial charge in [-0.2, -0.15) is 0 Å². The molecule has 19 heavy (non-hydrogen) atoms. The molecule has 2 N–H and O–H groups in total. The quantitative estimate of drug-likeness (QED) is 0.901. The molecule has 1 unspecified atom stereocenters. The van der Waals surface area contributed by atoms with E-state index in [0.29, 0.717) is 0 Å². The van der Waals surface area contributed by atoms with Crippen LogP contribution in [0.25, 0.3) is 0 Å². The first-order valence-corrected chi connectivity index (χ1v) is 7.48. The lowest BCUT2D eigenvalue weighted by Crippen LogP contribution is -2.16. The highest BCUT2D eigenvalue weighted by Crippen LogP contribution is 2.39. The number of benzene rings is 1. The van der Waals surface area contributed by atoms with Crippen LogP contribution in [0.2, 0.25) is 0 Å². The highest BCUT2D eigenvalue weighted by Gasteiger charge is 2.23. The lowest BCUT2D eigenvalue weighted by molar-refractivity contribution is 0.211. The first kappa shape index (κ1) is 12.6. The maximum absolute atomic E-state index is 6.00. The summed E-state index contributed by atoms with van der Waals surface area (Å²) in [6.45, 7) is 3.87. The minimum absolute atomic E-state index is 0.00952. The summed E-state index contributed by atoms with van der Waals surface area (Å²) in [5.41, 5.74) is 1.10. The summed E-state index contributed by atoms with van der Waals surface area (Å²) >= 11 is 1.82. The van der Waals surface area contributed by atoms with Gasteiger partial charge in [-0.3, -0.25) is 0 Å². The van der Waals surface area contributed by atoms with Crippen molar-refractivity contribution in [2.45, 2.75) is 24.5 Å². The molecule has 0 bridgehead atoms. The molecule has 0 aliphatic carbocycles. The number of ether oxygens (including phenoxy) is 1. The number of H-pyrrole nitrogens is 1. The maximum Gasteiger partial charge on any atom is 0.165 e. The van der Waals surface area contributed by atoms with Crippen molar-refractivity contribution < 1.29 is 4.74 Å². The molecule has 100 valence electrons. The smallest absolute Gasteiger partial charge is 0.165 e. The molecule has 1 aliphatic rings. The van der Waals surface area contributed by atoms with Crippen LogP contribution in [0.15, 0.2) is 35.4 Å². The monoisotopic (exact) mass is 275 g/mol. The van der Waals surface area contributed by atoms with Gasteiger partial charge in [0.05, 0.1) is 0 Å². The first-order chi connectivity index (χ1) is 9.36. The third kappa shape index (κ3) is 2.77. The number of imidazole rings is 1. The molecule has 1 atom stereocenters. The van der Waals surface area contributed by atoms with E-state index in [4.69, 9.17) is 4.74 Å². The summed E-state index contributed by atoms with van der Waals surface area (Å²) < 4.78 is 6.00. The number of aromatic nitrogens is 2. The summed E-state index contributed by atoms with van der Waals surface area (Å²) in [7, 11) is 0. The van der Waals surface area contributed by atoms with Crippen molar-refractivity contribution in [3.05, 3.63) is 42.0 Å². The Hall–Kier alpha value is -1.46. The third-order valence-corrected chi connectivity index (χ3v) is 4.14. The van der Waals surface area contributed by atoms with Gasteiger partial charge in [0.1, 0.15) is 11.6 Å². The number of fused-ring (bicyclic) bond motifs is 1. The van der Waals surface area contributed by atoms with Gasteiger partial charge in [-0.1, -0.05) is 19.1 Å². The lowest BCUT2D eigenvalue weighted by atomic mass is 10.3. The second kappa shape index (κ2) is 5.67. The van der Waals surface area contributed by atoms with Gasteiger partial charge < -0.3 is 15.0 Å². The van der Waals surface area contributed by atoms with Crippen LogP contribution in [0, 0.1) is 0 Å². The number of aromatic amines is 1. The Morgan fingerprint density at radius 3 is 3.26 bits per heavy atom. The molecule has 1 aliphatic heterocycles. The Morgan fingerprint density at radius 2 is 2.37 bits per heavy atom. The molecule has 0 amide bonds. The van der Waals surface area contributed by atoms with Gasteiger partial charge in [-0.15, -0.1) is 11.8 Å². The zero-order chi connectivity index (χ0) is 13.1. The fourth-order valence-corrected chi connectivity index (χ4v) is 3.03. The van der Waals surface area contributed by atoms with E-state index in [0.717, 1.165) is 36.1 Å². The number of nitrogens with one attached hydrogen (secondary N) is 2. The van der Waals surface area contributed by atoms with Crippen molar-refractivity contribution in [1.29, 1.82) is 0 Å². The SMILES string of the molecule is CCNCc1cnc(C2CSc3ccccc3O2)[nH]1. The molecule has 2 heterocycles. The predicted octanol–water partition coefficient (Wildman–Crippen LogP) is 2.75. The molecule has 0 saturated heterocycles. The van der Waals surface area contributed by atoms with E-state index in [9.17, 15) is 0 Å². The largest absolute Gasteiger partial charge is 0.480 e. The minimum Gasteiger partial charge on any atom is -0.480 e. The Labute approximate surface area is 117 Å². The molecule has 1 aromatic heterocycles. The van der Waals surface area contributed by atoms with Gasteiger partial charge in [0.25, 0.3) is 0 Å². The number of hydrogen-bond donors (Lipinski definition) is 2. The van der Waals surface area contributed by atoms with E-state index < -0.39 is 0 Å². The molecule has 0 radical (unpaired) electrons. The van der Waals surface area contributed by atoms with E-state index >= 15 is 0 Å². The molecule has 3 rings (SSSR count). The van der Waals surface area contributed by atoms with Crippen molar-refractivity contribution in [2.24, 2.45) is 0 Å². The molecule has 0 saturated carbocycles. The molecule has 5 heteroatoms. The Bertz CT molecular complexity index is 555. The minimum atomic E-state index is 0.00952. The fourth-order valence-electron chi connectivity index (χ4n) is 2.04. The topological polar surface area (TPSA) is 49.9 Å². The Morgan fingerprint density at radius 1 is 1.47 bits per heavy atom. The van der Waals surface area contributed by atoms with Crippen LogP contribution in [-0.2, 0) is 6.54 Å². The first-order valence-electron chi connectivity index (χ1n) is 6.50. The van der Waals surface area contributed by atoms with E-state index in [1.807, 2.05) is 36.2 Å². The summed E-state index contributed by atoms with van der Waals surface area (Å²) in [5, 5.41) is 3.28. The summed E-state index contributed by atoms with van der Waals surface area (Å²) in [6.07, 6.45) is 1.89. The average Bonchev–Trinajstić information content (AvgIpc) is 2.93. The second-order valence-corrected chi connectivity index (χ2v) is 5.50. The fraction of sp³-hybridized carbons (Fsp3) is 0.357. The maximum atomic E-state index is 6.00. The van der Waals surface area contributed by atoms with E-state index in [-0.39, 0.29) is 6.10 Å². The second-order valence-electron chi connectivity index (χ2n) is 4.44. The number of nitrogens with zero attached hydrogens (tertiary/aromatic N) is 1. The molecule has 0 fully saturated rings. The van der Waals surface area contributed by atoms with Gasteiger partial charge in [-0.25, -0.2) is 4.98 Å². The van der Waals surface area contributed by atoms with Crippen molar-refractivity contribution in [1.82, 2.24) is 15.3 Å². The van der Waals surface area contributed by atoms with E-state index in [1.54, 1.807) is 0 Å². The van der Waals surface area contributed by atoms with Crippen LogP contribution in [0.5, 0.6) is 5.75 Å². The number of rotatable bonds is 4. The van der Waals surface area contributed by atoms with Gasteiger partial charge in [0.2, 0.25) is 0 Å². The lowest BCUT2D eigenvalue weighted by Gasteiger charge is -2.23. The molecule has 2 aromatic rings. The summed E-state index contributed by atoms with van der Waals surface area (Å²) in [4.78, 5) is 8.98. The number of hydrogen-bond acceptors (Lipinski definition) is 4. The summed E-state index contributed by atoms with van der Waals surface area (Å²) in [6, 6.07) is 8.14. The predicted molar refractivity (Wildman–Crippen MR) is 76.5 cm³/mol. The Kier molecular flexibility index (Phi) is 3.75. The van der Waals surface area contributed by atoms with Crippen LogP contribution >= 0.6 is 11.8 Å². The number of para-hydroxylation sites is 1. The van der Waals surface area contributed by atoms with Crippen LogP contribution in [0.1, 0.15) is 24.5 Å². The normalized spacial score (nSPS) is 17.8. The van der Waals surface area contributed by atoms with Gasteiger partial charge in [0, 0.05) is 29.1 Å². The molecular formula is C14H17N3OS. The highest BCUT2D eigenvalue weighted by molar-refractivity contribution is 7.99. The molecular weight excluding hydrogens is 258 g/mol. The zero-order valence-corrected chi connectivity index (χ0v) is 11.7. The summed E-state index contributed by atoms with van der Waals surface area (Å²) in [5.74, 6) is 2.76. The van der Waals surface area contributed by atoms with Crippen molar-refractivity contribution in [3.63, 3.8) is 0 Å². The van der Waals surface area contributed by atoms with Gasteiger partial charge in [-0.05, 0) is 18.7 Å². The number of thioether (sulfide) groups is 1. The molecule has 1 aromatic carbocycles. The molecule has 4 nitrogen and oxygen atoms in total. The van der Waals surface area contributed by atoms with Crippen molar-refractivity contribution in [2.75, 3.05) is 12.3 Å².